The van der Waals surface area contributed by atoms with Gasteiger partial charge in [0.2, 0.25) is 11.8 Å². The van der Waals surface area contributed by atoms with Crippen molar-refractivity contribution in [2.24, 2.45) is 5.92 Å². The van der Waals surface area contributed by atoms with Crippen molar-refractivity contribution in [1.82, 2.24) is 15.5 Å². The van der Waals surface area contributed by atoms with Crippen molar-refractivity contribution in [3.63, 3.8) is 0 Å². The van der Waals surface area contributed by atoms with E-state index in [2.05, 4.69) is 10.6 Å². The first kappa shape index (κ1) is 15.8. The van der Waals surface area contributed by atoms with E-state index in [0.717, 1.165) is 0 Å². The van der Waals surface area contributed by atoms with Crippen LogP contribution in [0.4, 0.5) is 4.79 Å². The summed E-state index contributed by atoms with van der Waals surface area (Å²) in [5, 5.41) is 5.43. The summed E-state index contributed by atoms with van der Waals surface area (Å²) >= 11 is 0. The van der Waals surface area contributed by atoms with Crippen LogP contribution in [0.3, 0.4) is 0 Å². The normalized spacial score (nSPS) is 30.3. The molecular formula is C14H23N3O4. The Morgan fingerprint density at radius 3 is 2.57 bits per heavy atom. The van der Waals surface area contributed by atoms with Crippen molar-refractivity contribution in [3.05, 3.63) is 0 Å². The second kappa shape index (κ2) is 5.29. The van der Waals surface area contributed by atoms with Gasteiger partial charge in [-0.2, -0.15) is 0 Å². The van der Waals surface area contributed by atoms with E-state index in [-0.39, 0.29) is 30.4 Å². The lowest BCUT2D eigenvalue weighted by molar-refractivity contribution is -0.142. The molecule has 2 atom stereocenters. The summed E-state index contributed by atoms with van der Waals surface area (Å²) in [6, 6.07) is 0. The average Bonchev–Trinajstić information content (AvgIpc) is 2.34. The highest BCUT2D eigenvalue weighted by molar-refractivity contribution is 6.03. The molecule has 0 bridgehead atoms. The van der Waals surface area contributed by atoms with Crippen LogP contribution in [-0.2, 0) is 14.3 Å². The van der Waals surface area contributed by atoms with Gasteiger partial charge in [-0.05, 0) is 27.2 Å². The largest absolute Gasteiger partial charge is 0.444 e. The molecule has 7 nitrogen and oxygen atoms in total. The van der Waals surface area contributed by atoms with E-state index in [4.69, 9.17) is 4.74 Å². The topological polar surface area (TPSA) is 87.7 Å². The predicted octanol–water partition coefficient (Wildman–Crippen LogP) is 0.248. The molecule has 2 unspecified atom stereocenters. The summed E-state index contributed by atoms with van der Waals surface area (Å²) in [5.41, 5.74) is -1.31. The third kappa shape index (κ3) is 3.18. The van der Waals surface area contributed by atoms with Gasteiger partial charge >= 0.3 is 6.09 Å². The molecule has 21 heavy (non-hydrogen) atoms. The van der Waals surface area contributed by atoms with E-state index < -0.39 is 11.1 Å². The van der Waals surface area contributed by atoms with Gasteiger partial charge in [-0.25, -0.2) is 4.79 Å². The number of carbonyl (C=O) groups is 3. The van der Waals surface area contributed by atoms with Crippen LogP contribution in [0.15, 0.2) is 0 Å². The van der Waals surface area contributed by atoms with Crippen molar-refractivity contribution in [1.29, 1.82) is 0 Å². The number of rotatable bonds is 0. The minimum atomic E-state index is -0.771. The number of piperidine rings is 1. The van der Waals surface area contributed by atoms with Gasteiger partial charge in [0.15, 0.2) is 0 Å². The number of ether oxygens (including phenoxy) is 1. The van der Waals surface area contributed by atoms with E-state index in [1.54, 1.807) is 4.90 Å². The molecule has 2 rings (SSSR count). The number of amides is 3. The first-order valence-corrected chi connectivity index (χ1v) is 7.21. The SMILES string of the molecule is CC1CN(C(=O)OC(C)(C)C)CCC12NCC(=O)NC2=O. The van der Waals surface area contributed by atoms with E-state index in [1.807, 2.05) is 27.7 Å². The number of hydrogen-bond acceptors (Lipinski definition) is 5. The fourth-order valence-electron chi connectivity index (χ4n) is 2.83. The summed E-state index contributed by atoms with van der Waals surface area (Å²) in [4.78, 5) is 37.1. The van der Waals surface area contributed by atoms with Crippen LogP contribution in [0.1, 0.15) is 34.1 Å². The van der Waals surface area contributed by atoms with Gasteiger partial charge in [0.25, 0.3) is 0 Å². The minimum Gasteiger partial charge on any atom is -0.444 e. The summed E-state index contributed by atoms with van der Waals surface area (Å²) in [6.07, 6.45) is 0.100. The zero-order chi connectivity index (χ0) is 15.8. The second-order valence-corrected chi connectivity index (χ2v) is 6.78. The van der Waals surface area contributed by atoms with Gasteiger partial charge in [-0.15, -0.1) is 0 Å². The molecule has 2 N–H and O–H groups in total. The Bertz CT molecular complexity index is 471. The Kier molecular flexibility index (Phi) is 3.97. The van der Waals surface area contributed by atoms with Crippen LogP contribution in [0.5, 0.6) is 0 Å². The van der Waals surface area contributed by atoms with Crippen molar-refractivity contribution in [2.75, 3.05) is 19.6 Å². The highest BCUT2D eigenvalue weighted by Gasteiger charge is 2.50. The van der Waals surface area contributed by atoms with Crippen molar-refractivity contribution >= 4 is 17.9 Å². The number of likely N-dealkylation sites (tertiary alicyclic amines) is 1. The van der Waals surface area contributed by atoms with Crippen LogP contribution in [0.25, 0.3) is 0 Å². The summed E-state index contributed by atoms with van der Waals surface area (Å²) < 4.78 is 5.36. The van der Waals surface area contributed by atoms with Crippen molar-refractivity contribution in [3.8, 4) is 0 Å². The van der Waals surface area contributed by atoms with Crippen molar-refractivity contribution < 1.29 is 19.1 Å². The lowest BCUT2D eigenvalue weighted by Gasteiger charge is -2.47. The maximum absolute atomic E-state index is 12.2. The zero-order valence-electron chi connectivity index (χ0n) is 13.0. The predicted molar refractivity (Wildman–Crippen MR) is 75.5 cm³/mol. The van der Waals surface area contributed by atoms with Gasteiger partial charge in [-0.3, -0.25) is 20.2 Å². The molecule has 0 radical (unpaired) electrons. The Balaban J connectivity index is 2.04. The van der Waals surface area contributed by atoms with Crippen molar-refractivity contribution in [2.45, 2.75) is 45.3 Å². The van der Waals surface area contributed by atoms with Gasteiger partial charge in [-0.1, -0.05) is 6.92 Å². The number of carbonyl (C=O) groups excluding carboxylic acids is 3. The fourth-order valence-corrected chi connectivity index (χ4v) is 2.83. The van der Waals surface area contributed by atoms with Gasteiger partial charge < -0.3 is 9.64 Å². The van der Waals surface area contributed by atoms with Crippen LogP contribution < -0.4 is 10.6 Å². The minimum absolute atomic E-state index is 0.105. The smallest absolute Gasteiger partial charge is 0.410 e. The third-order valence-corrected chi connectivity index (χ3v) is 3.99. The molecule has 2 aliphatic heterocycles. The number of hydrogen-bond donors (Lipinski definition) is 2. The Hall–Kier alpha value is -1.63. The number of nitrogens with zero attached hydrogens (tertiary/aromatic N) is 1. The average molecular weight is 297 g/mol. The maximum atomic E-state index is 12.2. The highest BCUT2D eigenvalue weighted by Crippen LogP contribution is 2.30. The molecule has 7 heteroatoms. The molecular weight excluding hydrogens is 274 g/mol. The molecule has 0 aromatic carbocycles. The van der Waals surface area contributed by atoms with E-state index in [1.165, 1.54) is 0 Å². The standard InChI is InChI=1S/C14H23N3O4/c1-9-8-17(12(20)21-13(2,3)4)6-5-14(9)11(19)16-10(18)7-15-14/h9,15H,5-8H2,1-4H3,(H,16,18,19). The monoisotopic (exact) mass is 297 g/mol. The molecule has 0 saturated carbocycles. The first-order valence-electron chi connectivity index (χ1n) is 7.21. The molecule has 1 spiro atoms. The molecule has 2 saturated heterocycles. The lowest BCUT2D eigenvalue weighted by atomic mass is 9.77. The molecule has 2 heterocycles. The lowest BCUT2D eigenvalue weighted by Crippen LogP contribution is -2.72. The van der Waals surface area contributed by atoms with Gasteiger partial charge in [0.1, 0.15) is 11.1 Å². The summed E-state index contributed by atoms with van der Waals surface area (Å²) in [6.45, 7) is 8.34. The maximum Gasteiger partial charge on any atom is 0.410 e. The third-order valence-electron chi connectivity index (χ3n) is 3.99. The molecule has 0 aromatic rings. The summed E-state index contributed by atoms with van der Waals surface area (Å²) in [7, 11) is 0. The summed E-state index contributed by atoms with van der Waals surface area (Å²) in [5.74, 6) is -0.714. The van der Waals surface area contributed by atoms with Gasteiger partial charge in [0, 0.05) is 19.0 Å². The van der Waals surface area contributed by atoms with Crippen LogP contribution in [0.2, 0.25) is 0 Å². The molecule has 2 aliphatic rings. The van der Waals surface area contributed by atoms with Crippen LogP contribution in [-0.4, -0.2) is 53.6 Å². The second-order valence-electron chi connectivity index (χ2n) is 6.78. The van der Waals surface area contributed by atoms with E-state index in [9.17, 15) is 14.4 Å². The number of imide groups is 1. The van der Waals surface area contributed by atoms with E-state index in [0.29, 0.717) is 19.5 Å². The Labute approximate surface area is 124 Å². The zero-order valence-corrected chi connectivity index (χ0v) is 13.0. The molecule has 2 fully saturated rings. The molecule has 118 valence electrons. The quantitative estimate of drug-likeness (QED) is 0.626. The van der Waals surface area contributed by atoms with E-state index >= 15 is 0 Å². The number of nitrogens with one attached hydrogen (secondary N) is 2. The highest BCUT2D eigenvalue weighted by atomic mass is 16.6. The molecule has 0 aliphatic carbocycles. The Morgan fingerprint density at radius 2 is 2.05 bits per heavy atom. The van der Waals surface area contributed by atoms with Gasteiger partial charge in [0.05, 0.1) is 6.54 Å². The first-order chi connectivity index (χ1) is 9.64. The Morgan fingerprint density at radius 1 is 1.38 bits per heavy atom. The fraction of sp³-hybridized carbons (Fsp3) is 0.786. The molecule has 0 aromatic heterocycles. The molecule has 3 amide bonds. The van der Waals surface area contributed by atoms with Crippen LogP contribution in [0, 0.1) is 5.92 Å². The number of piperazine rings is 1. The van der Waals surface area contributed by atoms with Crippen LogP contribution >= 0.6 is 0 Å².